The first-order valence-corrected chi connectivity index (χ1v) is 6.52. The molecule has 0 bridgehead atoms. The number of hydrogen-bond donors (Lipinski definition) is 1. The van der Waals surface area contributed by atoms with Crippen LogP contribution in [0.1, 0.15) is 44.9 Å². The van der Waals surface area contributed by atoms with Crippen LogP contribution in [0.15, 0.2) is 0 Å². The molecule has 0 spiro atoms. The highest BCUT2D eigenvalue weighted by molar-refractivity contribution is 14.1. The molecule has 3 heteroatoms. The Morgan fingerprint density at radius 1 is 1.00 bits per heavy atom. The van der Waals surface area contributed by atoms with Crippen LogP contribution in [0.2, 0.25) is 0 Å². The van der Waals surface area contributed by atoms with Gasteiger partial charge in [0, 0.05) is 6.42 Å². The quantitative estimate of drug-likeness (QED) is 0.314. The lowest BCUT2D eigenvalue weighted by atomic mass is 10.1. The number of hydrogen-bond acceptors (Lipinski definition) is 1. The average molecular weight is 300 g/mol. The molecule has 0 heterocycles. The van der Waals surface area contributed by atoms with Gasteiger partial charge in [-0.05, 0) is 17.3 Å². The van der Waals surface area contributed by atoms with Crippen molar-refractivity contribution in [2.45, 2.75) is 44.9 Å². The van der Waals surface area contributed by atoms with E-state index in [0.717, 1.165) is 6.42 Å². The van der Waals surface area contributed by atoms with E-state index in [1.54, 1.807) is 0 Å². The lowest BCUT2D eigenvalue weighted by Crippen LogP contribution is -1.86. The van der Waals surface area contributed by atoms with Gasteiger partial charge in [0.1, 0.15) is 0 Å². The number of carbonyl (C=O) groups excluding carboxylic acids is 1. The summed E-state index contributed by atoms with van der Waals surface area (Å²) in [6.07, 6.45) is 8.14. The van der Waals surface area contributed by atoms with Crippen LogP contribution in [-0.4, -0.2) is 9.54 Å². The Morgan fingerprint density at radius 3 is 2.00 bits per heavy atom. The Balaban J connectivity index is 2.86. The van der Waals surface area contributed by atoms with Crippen molar-refractivity contribution in [3.63, 3.8) is 0 Å². The van der Waals surface area contributed by atoms with Crippen molar-refractivity contribution in [1.82, 2.24) is 0 Å². The maximum Gasteiger partial charge on any atom is 0.185 e. The lowest BCUT2D eigenvalue weighted by Gasteiger charge is -1.98. The zero-order valence-electron chi connectivity index (χ0n) is 7.39. The van der Waals surface area contributed by atoms with Gasteiger partial charge in [0.25, 0.3) is 0 Å². The molecule has 1 nitrogen and oxygen atoms in total. The number of halogens is 1. The van der Waals surface area contributed by atoms with Crippen LogP contribution < -0.4 is 0 Å². The number of alkyl halides is 1. The second kappa shape index (κ2) is 9.84. The fraction of sp³-hybridized carbons (Fsp3) is 0.889. The summed E-state index contributed by atoms with van der Waals surface area (Å²) in [5.74, 6) is 0. The molecular weight excluding hydrogens is 283 g/mol. The van der Waals surface area contributed by atoms with E-state index in [-0.39, 0.29) is 5.12 Å². The molecule has 0 aliphatic heterocycles. The molecule has 0 radical (unpaired) electrons. The SMILES string of the molecule is O=C(S)CCCCCCCCI. The molecule has 0 aliphatic carbocycles. The van der Waals surface area contributed by atoms with Gasteiger partial charge in [-0.15, -0.1) is 12.6 Å². The molecule has 0 atom stereocenters. The van der Waals surface area contributed by atoms with Crippen LogP contribution in [0, 0.1) is 0 Å². The van der Waals surface area contributed by atoms with Crippen molar-refractivity contribution >= 4 is 40.3 Å². The second-order valence-corrected chi connectivity index (χ2v) is 4.53. The van der Waals surface area contributed by atoms with Crippen LogP contribution in [0.5, 0.6) is 0 Å². The third-order valence-electron chi connectivity index (χ3n) is 1.77. The number of unbranched alkanes of at least 4 members (excludes halogenated alkanes) is 5. The Labute approximate surface area is 94.2 Å². The molecule has 72 valence electrons. The van der Waals surface area contributed by atoms with Gasteiger partial charge in [0.2, 0.25) is 0 Å². The molecule has 0 aromatic carbocycles. The van der Waals surface area contributed by atoms with E-state index < -0.39 is 0 Å². The second-order valence-electron chi connectivity index (χ2n) is 2.95. The zero-order chi connectivity index (χ0) is 9.23. The molecule has 0 aliphatic rings. The summed E-state index contributed by atoms with van der Waals surface area (Å²) < 4.78 is 1.27. The van der Waals surface area contributed by atoms with E-state index in [0.29, 0.717) is 6.42 Å². The number of thiol groups is 1. The maximum atomic E-state index is 10.4. The van der Waals surface area contributed by atoms with Crippen LogP contribution in [0.25, 0.3) is 0 Å². The van der Waals surface area contributed by atoms with Crippen molar-refractivity contribution in [3.8, 4) is 0 Å². The van der Waals surface area contributed by atoms with Crippen LogP contribution >= 0.6 is 35.2 Å². The summed E-state index contributed by atoms with van der Waals surface area (Å²) in [7, 11) is 0. The van der Waals surface area contributed by atoms with Gasteiger partial charge in [0.15, 0.2) is 5.12 Å². The van der Waals surface area contributed by atoms with Gasteiger partial charge in [-0.1, -0.05) is 48.3 Å². The highest BCUT2D eigenvalue weighted by Crippen LogP contribution is 2.08. The fourth-order valence-corrected chi connectivity index (χ4v) is 1.78. The van der Waals surface area contributed by atoms with E-state index in [4.69, 9.17) is 0 Å². The zero-order valence-corrected chi connectivity index (χ0v) is 10.4. The van der Waals surface area contributed by atoms with Crippen LogP contribution in [0.4, 0.5) is 0 Å². The first-order chi connectivity index (χ1) is 5.77. The highest BCUT2D eigenvalue weighted by atomic mass is 127. The topological polar surface area (TPSA) is 17.1 Å². The third-order valence-corrected chi connectivity index (χ3v) is 2.76. The Hall–Kier alpha value is 0.750. The summed E-state index contributed by atoms with van der Waals surface area (Å²) in [5.41, 5.74) is 0. The molecule has 0 aromatic heterocycles. The van der Waals surface area contributed by atoms with Crippen LogP contribution in [0.3, 0.4) is 0 Å². The minimum Gasteiger partial charge on any atom is -0.288 e. The van der Waals surface area contributed by atoms with E-state index in [2.05, 4.69) is 35.2 Å². The van der Waals surface area contributed by atoms with Crippen molar-refractivity contribution in [2.75, 3.05) is 4.43 Å². The van der Waals surface area contributed by atoms with E-state index in [9.17, 15) is 4.79 Å². The maximum absolute atomic E-state index is 10.4. The van der Waals surface area contributed by atoms with Gasteiger partial charge in [-0.25, -0.2) is 0 Å². The van der Waals surface area contributed by atoms with Crippen LogP contribution in [-0.2, 0) is 4.79 Å². The molecule has 0 N–H and O–H groups in total. The van der Waals surface area contributed by atoms with Gasteiger partial charge < -0.3 is 0 Å². The summed E-state index contributed by atoms with van der Waals surface area (Å²) in [6, 6.07) is 0. The Morgan fingerprint density at radius 2 is 1.50 bits per heavy atom. The van der Waals surface area contributed by atoms with Crippen molar-refractivity contribution in [1.29, 1.82) is 0 Å². The minimum atomic E-state index is 0.0299. The molecule has 0 unspecified atom stereocenters. The van der Waals surface area contributed by atoms with Gasteiger partial charge in [0.05, 0.1) is 0 Å². The van der Waals surface area contributed by atoms with Gasteiger partial charge in [-0.3, -0.25) is 4.79 Å². The van der Waals surface area contributed by atoms with Gasteiger partial charge >= 0.3 is 0 Å². The van der Waals surface area contributed by atoms with Crippen molar-refractivity contribution in [2.24, 2.45) is 0 Å². The summed E-state index contributed by atoms with van der Waals surface area (Å²) in [6.45, 7) is 0. The molecule has 0 amide bonds. The smallest absolute Gasteiger partial charge is 0.185 e. The van der Waals surface area contributed by atoms with E-state index >= 15 is 0 Å². The monoisotopic (exact) mass is 300 g/mol. The molecule has 0 fully saturated rings. The summed E-state index contributed by atoms with van der Waals surface area (Å²) in [5, 5.41) is 0.0299. The number of rotatable bonds is 8. The molecule has 0 aromatic rings. The van der Waals surface area contributed by atoms with Crippen molar-refractivity contribution < 1.29 is 4.79 Å². The minimum absolute atomic E-state index is 0.0299. The Bertz CT molecular complexity index is 117. The fourth-order valence-electron chi connectivity index (χ4n) is 1.08. The molecular formula is C9H17IOS. The van der Waals surface area contributed by atoms with Crippen molar-refractivity contribution in [3.05, 3.63) is 0 Å². The predicted molar refractivity (Wildman–Crippen MR) is 65.2 cm³/mol. The molecule has 12 heavy (non-hydrogen) atoms. The lowest BCUT2D eigenvalue weighted by molar-refractivity contribution is -0.110. The predicted octanol–water partition coefficient (Wildman–Crippen LogP) is 3.61. The van der Waals surface area contributed by atoms with E-state index in [1.165, 1.54) is 36.5 Å². The Kier molecular flexibility index (Phi) is 10.4. The average Bonchev–Trinajstić information content (AvgIpc) is 2.02. The molecule has 0 saturated carbocycles. The first kappa shape index (κ1) is 12.8. The van der Waals surface area contributed by atoms with E-state index in [1.807, 2.05) is 0 Å². The number of carbonyl (C=O) groups is 1. The molecule has 0 saturated heterocycles. The summed E-state index contributed by atoms with van der Waals surface area (Å²) >= 11 is 6.13. The largest absolute Gasteiger partial charge is 0.288 e. The standard InChI is InChI=1S/C9H17IOS/c10-8-6-4-2-1-3-5-7-9(11)12/h1-8H2,(H,11,12). The summed E-state index contributed by atoms with van der Waals surface area (Å²) in [4.78, 5) is 10.4. The van der Waals surface area contributed by atoms with Gasteiger partial charge in [-0.2, -0.15) is 0 Å². The first-order valence-electron chi connectivity index (χ1n) is 4.55. The highest BCUT2D eigenvalue weighted by Gasteiger charge is 1.94. The normalized spacial score (nSPS) is 10.2. The molecule has 0 rings (SSSR count). The third kappa shape index (κ3) is 10.8.